The molecule has 0 bridgehead atoms. The Morgan fingerprint density at radius 1 is 1.16 bits per heavy atom. The van der Waals surface area contributed by atoms with Crippen molar-refractivity contribution in [1.82, 2.24) is 5.32 Å². The van der Waals surface area contributed by atoms with Gasteiger partial charge in [-0.1, -0.05) is 54.3 Å². The Morgan fingerprint density at radius 2 is 1.80 bits per heavy atom. The Bertz CT molecular complexity index is 899. The first-order valence-corrected chi connectivity index (χ1v) is 8.10. The van der Waals surface area contributed by atoms with Crippen LogP contribution >= 0.6 is 0 Å². The number of hydrogen-bond acceptors (Lipinski definition) is 3. The molecule has 0 spiro atoms. The molecule has 4 heteroatoms. The third-order valence-electron chi connectivity index (χ3n) is 4.62. The first kappa shape index (κ1) is 16.8. The van der Waals surface area contributed by atoms with Crippen molar-refractivity contribution in [2.75, 3.05) is 7.05 Å². The molecule has 1 saturated carbocycles. The van der Waals surface area contributed by atoms with Crippen LogP contribution < -0.4 is 5.32 Å². The molecule has 25 heavy (non-hydrogen) atoms. The van der Waals surface area contributed by atoms with Gasteiger partial charge in [-0.3, -0.25) is 4.79 Å². The Kier molecular flexibility index (Phi) is 4.31. The molecule has 1 aliphatic carbocycles. The van der Waals surface area contributed by atoms with Gasteiger partial charge in [0.15, 0.2) is 5.60 Å². The van der Waals surface area contributed by atoms with Gasteiger partial charge < -0.3 is 10.4 Å². The second-order valence-electron chi connectivity index (χ2n) is 6.15. The maximum Gasteiger partial charge on any atom is 0.252 e. The number of benzene rings is 2. The fourth-order valence-electron chi connectivity index (χ4n) is 2.91. The Labute approximate surface area is 147 Å². The van der Waals surface area contributed by atoms with Crippen LogP contribution in [0.15, 0.2) is 54.6 Å². The van der Waals surface area contributed by atoms with E-state index in [1.54, 1.807) is 43.4 Å². The van der Waals surface area contributed by atoms with Crippen LogP contribution in [-0.2, 0) is 5.60 Å². The minimum Gasteiger partial charge on any atom is -0.372 e. The van der Waals surface area contributed by atoms with Crippen molar-refractivity contribution in [1.29, 1.82) is 5.26 Å². The van der Waals surface area contributed by atoms with Crippen molar-refractivity contribution < 1.29 is 9.90 Å². The SMILES string of the molecule is CNC(=O)c1ccccc1C#C[C@](O)(c1ccccc1)C1(C#N)CC1. The summed E-state index contributed by atoms with van der Waals surface area (Å²) in [6.07, 6.45) is 1.20. The van der Waals surface area contributed by atoms with Crippen molar-refractivity contribution in [3.63, 3.8) is 0 Å². The monoisotopic (exact) mass is 330 g/mol. The molecule has 2 N–H and O–H groups in total. The van der Waals surface area contributed by atoms with Gasteiger partial charge in [-0.15, -0.1) is 0 Å². The number of aliphatic hydroxyl groups is 1. The molecule has 2 aromatic carbocycles. The van der Waals surface area contributed by atoms with Crippen molar-refractivity contribution in [3.8, 4) is 17.9 Å². The van der Waals surface area contributed by atoms with Gasteiger partial charge in [0.1, 0.15) is 5.41 Å². The highest BCUT2D eigenvalue weighted by atomic mass is 16.3. The van der Waals surface area contributed by atoms with Crippen LogP contribution in [0, 0.1) is 28.6 Å². The van der Waals surface area contributed by atoms with Gasteiger partial charge in [-0.25, -0.2) is 0 Å². The fraction of sp³-hybridized carbons (Fsp3) is 0.238. The highest BCUT2D eigenvalue weighted by Crippen LogP contribution is 2.57. The van der Waals surface area contributed by atoms with Crippen molar-refractivity contribution >= 4 is 5.91 Å². The molecule has 124 valence electrons. The van der Waals surface area contributed by atoms with Gasteiger partial charge in [-0.2, -0.15) is 5.26 Å². The number of rotatable bonds is 3. The Morgan fingerprint density at radius 3 is 2.40 bits per heavy atom. The number of nitriles is 1. The van der Waals surface area contributed by atoms with Gasteiger partial charge in [0.25, 0.3) is 5.91 Å². The second kappa shape index (κ2) is 6.43. The summed E-state index contributed by atoms with van der Waals surface area (Å²) in [6.45, 7) is 0. The number of nitrogens with zero attached hydrogens (tertiary/aromatic N) is 1. The van der Waals surface area contributed by atoms with Crippen LogP contribution in [-0.4, -0.2) is 18.1 Å². The van der Waals surface area contributed by atoms with Crippen LogP contribution in [0.2, 0.25) is 0 Å². The topological polar surface area (TPSA) is 73.1 Å². The summed E-state index contributed by atoms with van der Waals surface area (Å²) < 4.78 is 0. The predicted molar refractivity (Wildman–Crippen MR) is 94.3 cm³/mol. The molecule has 1 fully saturated rings. The van der Waals surface area contributed by atoms with Crippen LogP contribution in [0.5, 0.6) is 0 Å². The number of carbonyl (C=O) groups is 1. The molecular formula is C21H18N2O2. The van der Waals surface area contributed by atoms with Gasteiger partial charge in [-0.05, 0) is 30.5 Å². The molecule has 0 heterocycles. The molecule has 0 unspecified atom stereocenters. The molecule has 3 rings (SSSR count). The van der Waals surface area contributed by atoms with E-state index < -0.39 is 11.0 Å². The maximum atomic E-state index is 12.0. The summed E-state index contributed by atoms with van der Waals surface area (Å²) in [5.74, 6) is 5.60. The van der Waals surface area contributed by atoms with Crippen molar-refractivity contribution in [2.24, 2.45) is 5.41 Å². The van der Waals surface area contributed by atoms with Gasteiger partial charge in [0, 0.05) is 12.6 Å². The molecule has 0 aromatic heterocycles. The lowest BCUT2D eigenvalue weighted by atomic mass is 9.79. The summed E-state index contributed by atoms with van der Waals surface area (Å²) in [5.41, 5.74) is -0.916. The Balaban J connectivity index is 2.10. The van der Waals surface area contributed by atoms with Gasteiger partial charge in [0.2, 0.25) is 0 Å². The summed E-state index contributed by atoms with van der Waals surface area (Å²) in [4.78, 5) is 12.0. The van der Waals surface area contributed by atoms with E-state index in [2.05, 4.69) is 23.2 Å². The van der Waals surface area contributed by atoms with Gasteiger partial charge in [0.05, 0.1) is 11.6 Å². The van der Waals surface area contributed by atoms with E-state index in [0.29, 0.717) is 29.5 Å². The van der Waals surface area contributed by atoms with Gasteiger partial charge >= 0.3 is 0 Å². The lowest BCUT2D eigenvalue weighted by Crippen LogP contribution is -2.34. The molecule has 4 nitrogen and oxygen atoms in total. The standard InChI is InChI=1S/C21H18N2O2/c1-23-19(24)18-10-6-5-7-16(18)11-12-21(25,20(15-22)13-14-20)17-8-3-2-4-9-17/h2-10,25H,13-14H2,1H3,(H,23,24)/t21-/m0/s1. The van der Waals surface area contributed by atoms with Crippen molar-refractivity contribution in [3.05, 3.63) is 71.3 Å². The third kappa shape index (κ3) is 2.89. The largest absolute Gasteiger partial charge is 0.372 e. The lowest BCUT2D eigenvalue weighted by molar-refractivity contribution is 0.0456. The van der Waals surface area contributed by atoms with E-state index in [0.717, 1.165) is 0 Å². The van der Waals surface area contributed by atoms with Crippen molar-refractivity contribution in [2.45, 2.75) is 18.4 Å². The first-order chi connectivity index (χ1) is 12.1. The molecule has 1 atom stereocenters. The van der Waals surface area contributed by atoms with E-state index in [9.17, 15) is 15.2 Å². The normalized spacial score (nSPS) is 16.5. The maximum absolute atomic E-state index is 12.0. The summed E-state index contributed by atoms with van der Waals surface area (Å²) in [5, 5.41) is 23.5. The van der Waals surface area contributed by atoms with E-state index in [-0.39, 0.29) is 5.91 Å². The number of carbonyl (C=O) groups excluding carboxylic acids is 1. The summed E-state index contributed by atoms with van der Waals surface area (Å²) >= 11 is 0. The Hall–Kier alpha value is -3.08. The second-order valence-corrected chi connectivity index (χ2v) is 6.15. The van der Waals surface area contributed by atoms with E-state index in [4.69, 9.17) is 0 Å². The van der Waals surface area contributed by atoms with E-state index in [1.165, 1.54) is 0 Å². The fourth-order valence-corrected chi connectivity index (χ4v) is 2.91. The minimum atomic E-state index is -1.57. The zero-order valence-corrected chi connectivity index (χ0v) is 13.9. The predicted octanol–water partition coefficient (Wildman–Crippen LogP) is 2.59. The number of nitrogens with one attached hydrogen (secondary N) is 1. The zero-order valence-electron chi connectivity index (χ0n) is 13.9. The van der Waals surface area contributed by atoms with Crippen LogP contribution in [0.4, 0.5) is 0 Å². The highest BCUT2D eigenvalue weighted by Gasteiger charge is 2.60. The molecule has 1 aliphatic rings. The number of hydrogen-bond donors (Lipinski definition) is 2. The van der Waals surface area contributed by atoms with Crippen LogP contribution in [0.1, 0.15) is 34.3 Å². The summed E-state index contributed by atoms with van der Waals surface area (Å²) in [7, 11) is 1.56. The molecule has 0 saturated heterocycles. The zero-order chi connectivity index (χ0) is 17.9. The first-order valence-electron chi connectivity index (χ1n) is 8.10. The van der Waals surface area contributed by atoms with E-state index in [1.807, 2.05) is 18.2 Å². The highest BCUT2D eigenvalue weighted by molar-refractivity contribution is 5.96. The average Bonchev–Trinajstić information content (AvgIpc) is 3.48. The quantitative estimate of drug-likeness (QED) is 0.850. The number of amides is 1. The molecule has 2 aromatic rings. The van der Waals surface area contributed by atoms with Crippen LogP contribution in [0.3, 0.4) is 0 Å². The smallest absolute Gasteiger partial charge is 0.252 e. The minimum absolute atomic E-state index is 0.241. The molecule has 0 aliphatic heterocycles. The lowest BCUT2D eigenvalue weighted by Gasteiger charge is -2.27. The van der Waals surface area contributed by atoms with E-state index >= 15 is 0 Å². The third-order valence-corrected chi connectivity index (χ3v) is 4.62. The molecule has 1 amide bonds. The van der Waals surface area contributed by atoms with Crippen LogP contribution in [0.25, 0.3) is 0 Å². The average molecular weight is 330 g/mol. The summed E-state index contributed by atoms with van der Waals surface area (Å²) in [6, 6.07) is 18.2. The molecular weight excluding hydrogens is 312 g/mol. The molecule has 0 radical (unpaired) electrons.